The van der Waals surface area contributed by atoms with E-state index in [9.17, 15) is 4.79 Å². The first-order valence-corrected chi connectivity index (χ1v) is 6.84. The second kappa shape index (κ2) is 6.91. The van der Waals surface area contributed by atoms with E-state index < -0.39 is 0 Å². The number of carbonyl (C=O) groups is 1. The van der Waals surface area contributed by atoms with Gasteiger partial charge in [0.05, 0.1) is 5.69 Å². The van der Waals surface area contributed by atoms with Crippen molar-refractivity contribution in [3.8, 4) is 0 Å². The Morgan fingerprint density at radius 3 is 2.65 bits per heavy atom. The molecular formula is C16H21N3O. The SMILES string of the molecule is CN(C)CCCNC(=O)Nc1cccc2ccccc12. The minimum absolute atomic E-state index is 0.153. The zero-order valence-corrected chi connectivity index (χ0v) is 12.0. The molecule has 0 aliphatic heterocycles. The average molecular weight is 271 g/mol. The monoisotopic (exact) mass is 271 g/mol. The zero-order chi connectivity index (χ0) is 14.4. The van der Waals surface area contributed by atoms with Gasteiger partial charge in [0.25, 0.3) is 0 Å². The minimum atomic E-state index is -0.153. The molecule has 4 heteroatoms. The Labute approximate surface area is 119 Å². The van der Waals surface area contributed by atoms with Crippen molar-refractivity contribution in [1.82, 2.24) is 10.2 Å². The van der Waals surface area contributed by atoms with Gasteiger partial charge in [-0.1, -0.05) is 36.4 Å². The van der Waals surface area contributed by atoms with E-state index in [0.717, 1.165) is 29.4 Å². The van der Waals surface area contributed by atoms with Gasteiger partial charge < -0.3 is 15.5 Å². The first-order valence-electron chi connectivity index (χ1n) is 6.84. The molecule has 0 aliphatic carbocycles. The predicted octanol–water partition coefficient (Wildman–Crippen LogP) is 2.91. The molecule has 2 amide bonds. The number of hydrogen-bond donors (Lipinski definition) is 2. The van der Waals surface area contributed by atoms with Crippen LogP contribution in [-0.2, 0) is 0 Å². The van der Waals surface area contributed by atoms with Gasteiger partial charge in [-0.05, 0) is 38.5 Å². The molecule has 0 atom stereocenters. The van der Waals surface area contributed by atoms with Crippen LogP contribution in [0.4, 0.5) is 10.5 Å². The summed E-state index contributed by atoms with van der Waals surface area (Å²) in [5, 5.41) is 7.96. The van der Waals surface area contributed by atoms with Crippen LogP contribution >= 0.6 is 0 Å². The van der Waals surface area contributed by atoms with Crippen molar-refractivity contribution in [1.29, 1.82) is 0 Å². The topological polar surface area (TPSA) is 44.4 Å². The molecule has 0 saturated carbocycles. The van der Waals surface area contributed by atoms with Crippen molar-refractivity contribution in [3.05, 3.63) is 42.5 Å². The van der Waals surface area contributed by atoms with Crippen molar-refractivity contribution >= 4 is 22.5 Å². The molecule has 0 heterocycles. The Hall–Kier alpha value is -2.07. The molecule has 0 fully saturated rings. The van der Waals surface area contributed by atoms with Crippen LogP contribution < -0.4 is 10.6 Å². The molecular weight excluding hydrogens is 250 g/mol. The molecule has 4 nitrogen and oxygen atoms in total. The zero-order valence-electron chi connectivity index (χ0n) is 12.0. The van der Waals surface area contributed by atoms with Crippen LogP contribution in [0.1, 0.15) is 6.42 Å². The molecule has 0 spiro atoms. The van der Waals surface area contributed by atoms with E-state index in [2.05, 4.69) is 15.5 Å². The lowest BCUT2D eigenvalue weighted by Crippen LogP contribution is -2.31. The van der Waals surface area contributed by atoms with Crippen molar-refractivity contribution in [2.24, 2.45) is 0 Å². The summed E-state index contributed by atoms with van der Waals surface area (Å²) in [5.41, 5.74) is 0.841. The summed E-state index contributed by atoms with van der Waals surface area (Å²) < 4.78 is 0. The van der Waals surface area contributed by atoms with E-state index >= 15 is 0 Å². The molecule has 2 aromatic carbocycles. The van der Waals surface area contributed by atoms with Gasteiger partial charge in [-0.25, -0.2) is 4.79 Å². The largest absolute Gasteiger partial charge is 0.338 e. The van der Waals surface area contributed by atoms with Crippen molar-refractivity contribution in [2.75, 3.05) is 32.5 Å². The second-order valence-electron chi connectivity index (χ2n) is 5.06. The highest BCUT2D eigenvalue weighted by Crippen LogP contribution is 2.22. The van der Waals surface area contributed by atoms with Crippen molar-refractivity contribution in [2.45, 2.75) is 6.42 Å². The highest BCUT2D eigenvalue weighted by molar-refractivity contribution is 6.01. The van der Waals surface area contributed by atoms with E-state index in [1.165, 1.54) is 0 Å². The van der Waals surface area contributed by atoms with E-state index in [-0.39, 0.29) is 6.03 Å². The quantitative estimate of drug-likeness (QED) is 0.821. The van der Waals surface area contributed by atoms with Crippen LogP contribution in [0.25, 0.3) is 10.8 Å². The summed E-state index contributed by atoms with van der Waals surface area (Å²) in [4.78, 5) is 14.0. The molecule has 0 bridgehead atoms. The second-order valence-corrected chi connectivity index (χ2v) is 5.06. The number of benzene rings is 2. The van der Waals surface area contributed by atoms with Crippen molar-refractivity contribution in [3.63, 3.8) is 0 Å². The molecule has 2 N–H and O–H groups in total. The number of amides is 2. The van der Waals surface area contributed by atoms with Gasteiger partial charge in [0.1, 0.15) is 0 Å². The highest BCUT2D eigenvalue weighted by atomic mass is 16.2. The van der Waals surface area contributed by atoms with E-state index in [0.29, 0.717) is 6.54 Å². The summed E-state index contributed by atoms with van der Waals surface area (Å²) in [6.07, 6.45) is 0.940. The maximum atomic E-state index is 11.9. The molecule has 2 rings (SSSR count). The summed E-state index contributed by atoms with van der Waals surface area (Å²) >= 11 is 0. The molecule has 0 aromatic heterocycles. The van der Waals surface area contributed by atoms with Gasteiger partial charge >= 0.3 is 6.03 Å². The van der Waals surface area contributed by atoms with E-state index in [1.54, 1.807) is 0 Å². The molecule has 0 unspecified atom stereocenters. The van der Waals surface area contributed by atoms with Crippen LogP contribution in [0.3, 0.4) is 0 Å². The molecule has 0 saturated heterocycles. The Bertz CT molecular complexity index is 575. The van der Waals surface area contributed by atoms with Crippen LogP contribution in [0.2, 0.25) is 0 Å². The van der Waals surface area contributed by atoms with Gasteiger partial charge in [-0.2, -0.15) is 0 Å². The Kier molecular flexibility index (Phi) is 4.96. The number of carbonyl (C=O) groups excluding carboxylic acids is 1. The lowest BCUT2D eigenvalue weighted by atomic mass is 10.1. The molecule has 20 heavy (non-hydrogen) atoms. The number of hydrogen-bond acceptors (Lipinski definition) is 2. The van der Waals surface area contributed by atoms with Crippen LogP contribution in [0, 0.1) is 0 Å². The predicted molar refractivity (Wildman–Crippen MR) is 84.1 cm³/mol. The Morgan fingerprint density at radius 1 is 1.10 bits per heavy atom. The number of nitrogens with one attached hydrogen (secondary N) is 2. The van der Waals surface area contributed by atoms with Gasteiger partial charge in [-0.15, -0.1) is 0 Å². The lowest BCUT2D eigenvalue weighted by Gasteiger charge is -2.12. The number of rotatable bonds is 5. The standard InChI is InChI=1S/C16H21N3O/c1-19(2)12-6-11-17-16(20)18-15-10-5-8-13-7-3-4-9-14(13)15/h3-5,7-10H,6,11-12H2,1-2H3,(H2,17,18,20). The third-order valence-corrected chi connectivity index (χ3v) is 3.11. The smallest absolute Gasteiger partial charge is 0.319 e. The number of urea groups is 1. The summed E-state index contributed by atoms with van der Waals surface area (Å²) in [7, 11) is 4.05. The Balaban J connectivity index is 1.93. The summed E-state index contributed by atoms with van der Waals surface area (Å²) in [6.45, 7) is 1.64. The fourth-order valence-electron chi connectivity index (χ4n) is 2.10. The Morgan fingerprint density at radius 2 is 1.85 bits per heavy atom. The normalized spacial score (nSPS) is 10.8. The molecule has 106 valence electrons. The van der Waals surface area contributed by atoms with Gasteiger partial charge in [0.2, 0.25) is 0 Å². The lowest BCUT2D eigenvalue weighted by molar-refractivity contribution is 0.251. The fourth-order valence-corrected chi connectivity index (χ4v) is 2.10. The third kappa shape index (κ3) is 3.96. The highest BCUT2D eigenvalue weighted by Gasteiger charge is 2.04. The number of fused-ring (bicyclic) bond motifs is 1. The van der Waals surface area contributed by atoms with E-state index in [1.807, 2.05) is 56.6 Å². The number of anilines is 1. The molecule has 0 aliphatic rings. The molecule has 2 aromatic rings. The van der Waals surface area contributed by atoms with E-state index in [4.69, 9.17) is 0 Å². The maximum absolute atomic E-state index is 11.9. The van der Waals surface area contributed by atoms with Crippen LogP contribution in [0.5, 0.6) is 0 Å². The maximum Gasteiger partial charge on any atom is 0.319 e. The fraction of sp³-hybridized carbons (Fsp3) is 0.312. The average Bonchev–Trinajstić information content (AvgIpc) is 2.44. The summed E-state index contributed by atoms with van der Waals surface area (Å²) in [6, 6.07) is 13.8. The van der Waals surface area contributed by atoms with Gasteiger partial charge in [0.15, 0.2) is 0 Å². The van der Waals surface area contributed by atoms with Gasteiger partial charge in [-0.3, -0.25) is 0 Å². The first kappa shape index (κ1) is 14.3. The third-order valence-electron chi connectivity index (χ3n) is 3.11. The minimum Gasteiger partial charge on any atom is -0.338 e. The summed E-state index contributed by atoms with van der Waals surface area (Å²) in [5.74, 6) is 0. The van der Waals surface area contributed by atoms with Gasteiger partial charge in [0, 0.05) is 11.9 Å². The van der Waals surface area contributed by atoms with Crippen LogP contribution in [0.15, 0.2) is 42.5 Å². The first-order chi connectivity index (χ1) is 9.66. The van der Waals surface area contributed by atoms with Crippen LogP contribution in [-0.4, -0.2) is 38.1 Å². The van der Waals surface area contributed by atoms with Crippen molar-refractivity contribution < 1.29 is 4.79 Å². The molecule has 0 radical (unpaired) electrons. The number of nitrogens with zero attached hydrogens (tertiary/aromatic N) is 1.